The molecule has 1 atom stereocenters. The number of nitrogens with two attached hydrogens (primary N) is 1. The van der Waals surface area contributed by atoms with Gasteiger partial charge in [0.15, 0.2) is 11.2 Å². The lowest BCUT2D eigenvalue weighted by Gasteiger charge is -2.32. The maximum atomic E-state index is 12.0. The van der Waals surface area contributed by atoms with Crippen LogP contribution in [0, 0.1) is 0 Å². The molecule has 0 saturated carbocycles. The topological polar surface area (TPSA) is 147 Å². The summed E-state index contributed by atoms with van der Waals surface area (Å²) in [4.78, 5) is 37.7. The normalized spacial score (nSPS) is 15.8. The van der Waals surface area contributed by atoms with E-state index in [1.165, 1.54) is 12.3 Å². The summed E-state index contributed by atoms with van der Waals surface area (Å²) in [5.74, 6) is -1.22. The lowest BCUT2D eigenvalue weighted by atomic mass is 10.1. The van der Waals surface area contributed by atoms with Gasteiger partial charge in [0.1, 0.15) is 11.4 Å². The molecular weight excluding hydrogens is 460 g/mol. The van der Waals surface area contributed by atoms with E-state index in [4.69, 9.17) is 17.3 Å². The molecule has 11 nitrogen and oxygen atoms in total. The number of anilines is 1. The van der Waals surface area contributed by atoms with Crippen LogP contribution in [0.15, 0.2) is 18.3 Å². The van der Waals surface area contributed by atoms with Crippen molar-refractivity contribution in [2.75, 3.05) is 32.5 Å². The van der Waals surface area contributed by atoms with Crippen LogP contribution in [-0.2, 0) is 25.5 Å². The highest BCUT2D eigenvalue weighted by molar-refractivity contribution is 7.80. The van der Waals surface area contributed by atoms with E-state index in [1.807, 2.05) is 4.31 Å². The molecular formula is C19H31ClN6O5S. The Labute approximate surface area is 195 Å². The van der Waals surface area contributed by atoms with Crippen LogP contribution in [0.3, 0.4) is 0 Å². The number of halogens is 1. The van der Waals surface area contributed by atoms with Crippen molar-refractivity contribution in [3.63, 3.8) is 0 Å². The van der Waals surface area contributed by atoms with Crippen molar-refractivity contribution < 1.29 is 23.3 Å². The Kier molecular flexibility index (Phi) is 11.0. The molecule has 1 saturated heterocycles. The van der Waals surface area contributed by atoms with Gasteiger partial charge in [0.2, 0.25) is 0 Å². The molecule has 0 spiro atoms. The molecule has 1 aliphatic heterocycles. The molecule has 3 amide bonds. The highest BCUT2D eigenvalue weighted by atomic mass is 35.5. The van der Waals surface area contributed by atoms with Crippen LogP contribution in [0.2, 0.25) is 5.02 Å². The van der Waals surface area contributed by atoms with E-state index in [0.29, 0.717) is 31.0 Å². The molecule has 180 valence electrons. The molecule has 2 heterocycles. The summed E-state index contributed by atoms with van der Waals surface area (Å²) in [6.45, 7) is 6.47. The predicted molar refractivity (Wildman–Crippen MR) is 123 cm³/mol. The van der Waals surface area contributed by atoms with Crippen LogP contribution in [0.1, 0.15) is 33.6 Å². The lowest BCUT2D eigenvalue weighted by molar-refractivity contribution is -0.136. The van der Waals surface area contributed by atoms with Crippen molar-refractivity contribution in [1.29, 1.82) is 0 Å². The van der Waals surface area contributed by atoms with Crippen molar-refractivity contribution >= 4 is 46.5 Å². The van der Waals surface area contributed by atoms with Crippen LogP contribution >= 0.6 is 11.6 Å². The van der Waals surface area contributed by atoms with Gasteiger partial charge in [-0.05, 0) is 45.7 Å². The number of amides is 3. The smallest absolute Gasteiger partial charge is 0.405 e. The van der Waals surface area contributed by atoms with Crippen molar-refractivity contribution in [3.8, 4) is 0 Å². The monoisotopic (exact) mass is 490 g/mol. The third-order valence-electron chi connectivity index (χ3n) is 3.90. The van der Waals surface area contributed by atoms with Crippen molar-refractivity contribution in [3.05, 3.63) is 23.4 Å². The number of pyridine rings is 1. The lowest BCUT2D eigenvalue weighted by Crippen LogP contribution is -2.49. The second-order valence-corrected chi connectivity index (χ2v) is 10.2. The largest absolute Gasteiger partial charge is 0.444 e. The van der Waals surface area contributed by atoms with E-state index < -0.39 is 34.7 Å². The van der Waals surface area contributed by atoms with Gasteiger partial charge in [0.05, 0.1) is 5.02 Å². The number of nitrogens with zero attached hydrogens (tertiary/aromatic N) is 3. The Bertz CT molecular complexity index is 807. The number of rotatable bonds is 4. The van der Waals surface area contributed by atoms with Crippen LogP contribution in [0.25, 0.3) is 0 Å². The molecule has 1 aliphatic rings. The van der Waals surface area contributed by atoms with Crippen molar-refractivity contribution in [2.24, 2.45) is 5.73 Å². The Morgan fingerprint density at radius 2 is 1.81 bits per heavy atom. The number of primary amides is 1. The molecule has 13 heteroatoms. The summed E-state index contributed by atoms with van der Waals surface area (Å²) < 4.78 is 20.0. The summed E-state index contributed by atoms with van der Waals surface area (Å²) in [6.07, 6.45) is 1.93. The minimum absolute atomic E-state index is 0.114. The summed E-state index contributed by atoms with van der Waals surface area (Å²) >= 11 is 4.54. The standard InChI is InChI=1S/C14H20ClN5O3S.C5H11NO2/c1-19(2)24(23)20-7-5-11(6-8-20)17-13(21)14(22)18-12-4-3-10(15)9-16-12;1-5(2,3)8-4(6)7/h3-4,9,11H,5-8H2,1-2H3,(H,17,21)(H,16,18,22);1-3H3,(H2,6,7). The molecule has 32 heavy (non-hydrogen) atoms. The fourth-order valence-electron chi connectivity index (χ4n) is 2.56. The van der Waals surface area contributed by atoms with Gasteiger partial charge in [-0.1, -0.05) is 11.6 Å². The van der Waals surface area contributed by atoms with Crippen LogP contribution < -0.4 is 16.4 Å². The number of nitrogens with one attached hydrogen (secondary N) is 2. The van der Waals surface area contributed by atoms with Crippen molar-refractivity contribution in [1.82, 2.24) is 18.9 Å². The highest BCUT2D eigenvalue weighted by Gasteiger charge is 2.26. The number of hydrogen-bond donors (Lipinski definition) is 3. The quantitative estimate of drug-likeness (QED) is 0.541. The van der Waals surface area contributed by atoms with Gasteiger partial charge in [-0.2, -0.15) is 0 Å². The first-order valence-electron chi connectivity index (χ1n) is 9.84. The SMILES string of the molecule is CC(C)(C)OC(N)=O.CN(C)S(=O)N1CCC(NC(=O)C(=O)Nc2ccc(Cl)cn2)CC1. The van der Waals surface area contributed by atoms with E-state index in [1.54, 1.807) is 45.2 Å². The number of carbonyl (C=O) groups is 3. The highest BCUT2D eigenvalue weighted by Crippen LogP contribution is 2.13. The summed E-state index contributed by atoms with van der Waals surface area (Å²) in [7, 11) is 3.50. The Hall–Kier alpha value is -2.28. The van der Waals surface area contributed by atoms with Gasteiger partial charge >= 0.3 is 17.9 Å². The maximum Gasteiger partial charge on any atom is 0.405 e. The average Bonchev–Trinajstić information content (AvgIpc) is 2.68. The van der Waals surface area contributed by atoms with E-state index in [-0.39, 0.29) is 11.9 Å². The van der Waals surface area contributed by atoms with Gasteiger partial charge in [0.25, 0.3) is 0 Å². The molecule has 0 aliphatic carbocycles. The van der Waals surface area contributed by atoms with Gasteiger partial charge in [-0.25, -0.2) is 22.6 Å². The zero-order valence-electron chi connectivity index (χ0n) is 18.9. The minimum Gasteiger partial charge on any atom is -0.444 e. The number of aromatic nitrogens is 1. The number of hydrogen-bond acceptors (Lipinski definition) is 6. The molecule has 1 aromatic rings. The maximum absolute atomic E-state index is 12.0. The van der Waals surface area contributed by atoms with E-state index in [0.717, 1.165) is 0 Å². The molecule has 1 aromatic heterocycles. The van der Waals surface area contributed by atoms with Gasteiger partial charge in [-0.15, -0.1) is 0 Å². The molecule has 0 aromatic carbocycles. The fourth-order valence-corrected chi connectivity index (χ4v) is 3.66. The average molecular weight is 491 g/mol. The van der Waals surface area contributed by atoms with Crippen LogP contribution in [0.5, 0.6) is 0 Å². The minimum atomic E-state index is -1.17. The molecule has 2 rings (SSSR count). The zero-order valence-corrected chi connectivity index (χ0v) is 20.5. The number of carbonyl (C=O) groups excluding carboxylic acids is 3. The first-order valence-corrected chi connectivity index (χ1v) is 11.3. The summed E-state index contributed by atoms with van der Waals surface area (Å²) in [5, 5.41) is 5.55. The summed E-state index contributed by atoms with van der Waals surface area (Å²) in [5.41, 5.74) is 4.26. The van der Waals surface area contributed by atoms with Crippen molar-refractivity contribution in [2.45, 2.75) is 45.3 Å². The summed E-state index contributed by atoms with van der Waals surface area (Å²) in [6, 6.07) is 2.97. The van der Waals surface area contributed by atoms with Gasteiger partial charge < -0.3 is 21.1 Å². The van der Waals surface area contributed by atoms with Gasteiger partial charge in [-0.3, -0.25) is 9.59 Å². The van der Waals surface area contributed by atoms with E-state index in [9.17, 15) is 18.6 Å². The molecule has 4 N–H and O–H groups in total. The Morgan fingerprint density at radius 3 is 2.22 bits per heavy atom. The predicted octanol–water partition coefficient (Wildman–Crippen LogP) is 1.27. The Balaban J connectivity index is 0.000000547. The molecule has 0 bridgehead atoms. The van der Waals surface area contributed by atoms with Gasteiger partial charge in [0, 0.05) is 39.4 Å². The Morgan fingerprint density at radius 1 is 1.22 bits per heavy atom. The van der Waals surface area contributed by atoms with Crippen LogP contribution in [0.4, 0.5) is 10.6 Å². The number of ether oxygens (including phenoxy) is 1. The van der Waals surface area contributed by atoms with E-state index in [2.05, 4.69) is 20.4 Å². The first kappa shape index (κ1) is 27.8. The molecule has 0 radical (unpaired) electrons. The molecule has 1 unspecified atom stereocenters. The third-order valence-corrected chi connectivity index (χ3v) is 5.56. The third kappa shape index (κ3) is 10.8. The zero-order chi connectivity index (χ0) is 24.5. The van der Waals surface area contributed by atoms with E-state index >= 15 is 0 Å². The second kappa shape index (κ2) is 12.7. The first-order chi connectivity index (χ1) is 14.8. The fraction of sp³-hybridized carbons (Fsp3) is 0.579. The second-order valence-electron chi connectivity index (χ2n) is 8.07. The molecule has 1 fully saturated rings. The van der Waals surface area contributed by atoms with Crippen LogP contribution in [-0.4, -0.2) is 74.5 Å². The number of piperidine rings is 1.